The molecule has 6 nitrogen and oxygen atoms in total. The van der Waals surface area contributed by atoms with Crippen LogP contribution in [0.1, 0.15) is 55.5 Å². The van der Waals surface area contributed by atoms with E-state index in [4.69, 9.17) is 4.74 Å². The fourth-order valence-electron chi connectivity index (χ4n) is 4.46. The minimum atomic E-state index is -0.446. The van der Waals surface area contributed by atoms with Gasteiger partial charge in [-0.2, -0.15) is 0 Å². The Bertz CT molecular complexity index is 776. The van der Waals surface area contributed by atoms with Gasteiger partial charge in [-0.25, -0.2) is 4.79 Å². The Labute approximate surface area is 166 Å². The van der Waals surface area contributed by atoms with Crippen LogP contribution in [0.5, 0.6) is 0 Å². The van der Waals surface area contributed by atoms with E-state index in [-0.39, 0.29) is 30.2 Å². The molecule has 0 unspecified atom stereocenters. The number of likely N-dealkylation sites (tertiary alicyclic amines) is 1. The Morgan fingerprint density at radius 2 is 1.96 bits per heavy atom. The van der Waals surface area contributed by atoms with E-state index >= 15 is 0 Å². The monoisotopic (exact) mass is 386 g/mol. The predicted molar refractivity (Wildman–Crippen MR) is 107 cm³/mol. The van der Waals surface area contributed by atoms with Gasteiger partial charge in [-0.1, -0.05) is 32.8 Å². The first-order valence-corrected chi connectivity index (χ1v) is 10.1. The van der Waals surface area contributed by atoms with Crippen LogP contribution in [0.4, 0.5) is 5.69 Å². The predicted octanol–water partition coefficient (Wildman–Crippen LogP) is 3.39. The number of nitrogens with zero attached hydrogens (tertiary/aromatic N) is 1. The first kappa shape index (κ1) is 20.4. The summed E-state index contributed by atoms with van der Waals surface area (Å²) >= 11 is 0. The minimum Gasteiger partial charge on any atom is -0.465 e. The summed E-state index contributed by atoms with van der Waals surface area (Å²) in [7, 11) is 1.33. The Balaban J connectivity index is 1.69. The number of ether oxygens (including phenoxy) is 1. The van der Waals surface area contributed by atoms with E-state index < -0.39 is 5.97 Å². The Morgan fingerprint density at radius 3 is 2.68 bits per heavy atom. The number of carbonyl (C=O) groups is 3. The van der Waals surface area contributed by atoms with Crippen molar-refractivity contribution in [1.82, 2.24) is 4.90 Å². The molecule has 2 fully saturated rings. The van der Waals surface area contributed by atoms with Crippen molar-refractivity contribution < 1.29 is 19.1 Å². The number of hydrogen-bond donors (Lipinski definition) is 1. The highest BCUT2D eigenvalue weighted by molar-refractivity contribution is 5.99. The van der Waals surface area contributed by atoms with Gasteiger partial charge in [0.15, 0.2) is 0 Å². The minimum absolute atomic E-state index is 0.0751. The van der Waals surface area contributed by atoms with Crippen molar-refractivity contribution >= 4 is 23.5 Å². The molecule has 0 radical (unpaired) electrons. The molecule has 1 aliphatic carbocycles. The lowest BCUT2D eigenvalue weighted by molar-refractivity contribution is -0.131. The molecule has 3 rings (SSSR count). The van der Waals surface area contributed by atoms with Crippen LogP contribution in [0.15, 0.2) is 18.2 Å². The van der Waals surface area contributed by atoms with Crippen LogP contribution >= 0.6 is 0 Å². The number of benzene rings is 1. The van der Waals surface area contributed by atoms with Gasteiger partial charge in [0.2, 0.25) is 11.8 Å². The molecule has 1 aromatic carbocycles. The number of nitrogens with one attached hydrogen (secondary N) is 1. The van der Waals surface area contributed by atoms with Gasteiger partial charge in [-0.05, 0) is 42.9 Å². The van der Waals surface area contributed by atoms with Crippen LogP contribution in [-0.4, -0.2) is 42.4 Å². The lowest BCUT2D eigenvalue weighted by atomic mass is 9.77. The Kier molecular flexibility index (Phi) is 6.06. The van der Waals surface area contributed by atoms with Crippen molar-refractivity contribution in [2.45, 2.75) is 52.5 Å². The summed E-state index contributed by atoms with van der Waals surface area (Å²) in [5.74, 6) is 0.154. The highest BCUT2D eigenvalue weighted by atomic mass is 16.5. The number of methoxy groups -OCH3 is 1. The lowest BCUT2D eigenvalue weighted by Crippen LogP contribution is -2.45. The molecule has 0 bridgehead atoms. The van der Waals surface area contributed by atoms with Gasteiger partial charge >= 0.3 is 5.97 Å². The van der Waals surface area contributed by atoms with Crippen molar-refractivity contribution in [1.29, 1.82) is 0 Å². The molecule has 1 saturated heterocycles. The van der Waals surface area contributed by atoms with Gasteiger partial charge in [0.1, 0.15) is 0 Å². The topological polar surface area (TPSA) is 75.7 Å². The van der Waals surface area contributed by atoms with E-state index in [0.29, 0.717) is 29.6 Å². The molecule has 2 amide bonds. The van der Waals surface area contributed by atoms with Crippen LogP contribution in [0.25, 0.3) is 0 Å². The number of carbonyl (C=O) groups excluding carboxylic acids is 3. The van der Waals surface area contributed by atoms with Crippen molar-refractivity contribution in [3.63, 3.8) is 0 Å². The van der Waals surface area contributed by atoms with Gasteiger partial charge in [0.25, 0.3) is 0 Å². The fourth-order valence-corrected chi connectivity index (χ4v) is 4.46. The highest BCUT2D eigenvalue weighted by Gasteiger charge is 2.41. The molecule has 1 saturated carbocycles. The van der Waals surface area contributed by atoms with Gasteiger partial charge in [0, 0.05) is 24.7 Å². The summed E-state index contributed by atoms with van der Waals surface area (Å²) in [6, 6.07) is 5.30. The molecule has 1 aromatic rings. The summed E-state index contributed by atoms with van der Waals surface area (Å²) in [6.45, 7) is 6.81. The third-order valence-corrected chi connectivity index (χ3v) is 6.51. The molecule has 0 aromatic heterocycles. The summed E-state index contributed by atoms with van der Waals surface area (Å²) < 4.78 is 4.75. The molecule has 1 N–H and O–H groups in total. The molecule has 6 heteroatoms. The number of aryl methyl sites for hydroxylation is 1. The summed E-state index contributed by atoms with van der Waals surface area (Å²) in [4.78, 5) is 39.1. The molecule has 4 atom stereocenters. The normalized spacial score (nSPS) is 27.6. The van der Waals surface area contributed by atoms with E-state index in [0.717, 1.165) is 18.4 Å². The van der Waals surface area contributed by atoms with Crippen LogP contribution in [0.3, 0.4) is 0 Å². The summed E-state index contributed by atoms with van der Waals surface area (Å²) in [5, 5.41) is 2.91. The number of esters is 1. The maximum absolute atomic E-state index is 12.8. The fraction of sp³-hybridized carbons (Fsp3) is 0.591. The molecular weight excluding hydrogens is 356 g/mol. The Morgan fingerprint density at radius 1 is 1.21 bits per heavy atom. The van der Waals surface area contributed by atoms with E-state index in [9.17, 15) is 14.4 Å². The number of hydrogen-bond acceptors (Lipinski definition) is 4. The molecule has 0 spiro atoms. The zero-order chi connectivity index (χ0) is 20.4. The highest BCUT2D eigenvalue weighted by Crippen LogP contribution is 2.36. The van der Waals surface area contributed by atoms with Crippen molar-refractivity contribution in [3.8, 4) is 0 Å². The van der Waals surface area contributed by atoms with Crippen molar-refractivity contribution in [2.75, 3.05) is 19.0 Å². The number of anilines is 1. The smallest absolute Gasteiger partial charge is 0.337 e. The first-order valence-electron chi connectivity index (χ1n) is 10.1. The van der Waals surface area contributed by atoms with E-state index in [1.165, 1.54) is 13.5 Å². The van der Waals surface area contributed by atoms with Gasteiger partial charge < -0.3 is 15.0 Å². The van der Waals surface area contributed by atoms with Crippen LogP contribution in [0, 0.1) is 24.7 Å². The number of amides is 2. The summed E-state index contributed by atoms with van der Waals surface area (Å²) in [5.41, 5.74) is 1.83. The summed E-state index contributed by atoms with van der Waals surface area (Å²) in [6.07, 6.45) is 3.61. The van der Waals surface area contributed by atoms with Gasteiger partial charge in [-0.15, -0.1) is 0 Å². The molecule has 152 valence electrons. The standard InChI is InChI=1S/C22H30N2O4/c1-13-6-5-7-19(15(13)3)24-12-17(11-20(24)25)21(26)23-18-10-16(22(27)28-4)9-8-14(18)2/h8-10,13,15,17,19H,5-7,11-12H2,1-4H3,(H,23,26)/t13-,15-,17-,19-/m0/s1. The Hall–Kier alpha value is -2.37. The second kappa shape index (κ2) is 8.33. The lowest BCUT2D eigenvalue weighted by Gasteiger charge is -2.40. The SMILES string of the molecule is COC(=O)c1ccc(C)c(NC(=O)[C@H]2CC(=O)N([C@H]3CCC[C@H](C)[C@@H]3C)C2)c1. The van der Waals surface area contributed by atoms with Gasteiger partial charge in [0.05, 0.1) is 18.6 Å². The first-order chi connectivity index (χ1) is 13.3. The molecule has 28 heavy (non-hydrogen) atoms. The van der Waals surface area contributed by atoms with Crippen molar-refractivity contribution in [3.05, 3.63) is 29.3 Å². The maximum atomic E-state index is 12.8. The van der Waals surface area contributed by atoms with E-state index in [2.05, 4.69) is 19.2 Å². The molecule has 1 heterocycles. The van der Waals surface area contributed by atoms with E-state index in [1.54, 1.807) is 18.2 Å². The van der Waals surface area contributed by atoms with Crippen LogP contribution < -0.4 is 5.32 Å². The average molecular weight is 386 g/mol. The largest absolute Gasteiger partial charge is 0.465 e. The molecule has 1 aliphatic heterocycles. The van der Waals surface area contributed by atoms with Crippen LogP contribution in [-0.2, 0) is 14.3 Å². The average Bonchev–Trinajstić information content (AvgIpc) is 3.06. The molecule has 2 aliphatic rings. The second-order valence-electron chi connectivity index (χ2n) is 8.29. The van der Waals surface area contributed by atoms with Crippen LogP contribution in [0.2, 0.25) is 0 Å². The zero-order valence-electron chi connectivity index (χ0n) is 17.2. The second-order valence-corrected chi connectivity index (χ2v) is 8.29. The van der Waals surface area contributed by atoms with E-state index in [1.807, 2.05) is 11.8 Å². The van der Waals surface area contributed by atoms with Gasteiger partial charge in [-0.3, -0.25) is 9.59 Å². The zero-order valence-corrected chi connectivity index (χ0v) is 17.2. The molecular formula is C22H30N2O4. The number of rotatable bonds is 4. The quantitative estimate of drug-likeness (QED) is 0.805. The third kappa shape index (κ3) is 4.05. The van der Waals surface area contributed by atoms with Crippen molar-refractivity contribution in [2.24, 2.45) is 17.8 Å². The maximum Gasteiger partial charge on any atom is 0.337 e. The third-order valence-electron chi connectivity index (χ3n) is 6.51.